The first-order valence-corrected chi connectivity index (χ1v) is 12.2. The number of hydrogen-bond donors (Lipinski definition) is 3. The highest BCUT2D eigenvalue weighted by Crippen LogP contribution is 2.55. The summed E-state index contributed by atoms with van der Waals surface area (Å²) in [5.74, 6) is 2.83. The monoisotopic (exact) mass is 429 g/mol. The van der Waals surface area contributed by atoms with Crippen molar-refractivity contribution < 1.29 is 4.79 Å². The van der Waals surface area contributed by atoms with Crippen LogP contribution >= 0.6 is 0 Å². The largest absolute Gasteiger partial charge is 0.399 e. The highest BCUT2D eigenvalue weighted by molar-refractivity contribution is 5.91. The lowest BCUT2D eigenvalue weighted by Gasteiger charge is -2.57. The Bertz CT molecular complexity index is 943. The molecule has 2 aromatic carbocycles. The number of carbonyl (C=O) groups is 1. The van der Waals surface area contributed by atoms with Gasteiger partial charge in [0.25, 0.3) is 0 Å². The fraction of sp³-hybridized carbons (Fsp3) is 0.464. The van der Waals surface area contributed by atoms with E-state index >= 15 is 0 Å². The molecule has 4 aliphatic carbocycles. The van der Waals surface area contributed by atoms with E-state index in [0.29, 0.717) is 12.1 Å². The Morgan fingerprint density at radius 3 is 2.28 bits per heavy atom. The van der Waals surface area contributed by atoms with Gasteiger partial charge in [0.05, 0.1) is 0 Å². The van der Waals surface area contributed by atoms with Crippen LogP contribution in [0.3, 0.4) is 0 Å². The summed E-state index contributed by atoms with van der Waals surface area (Å²) in [5.41, 5.74) is 10.6. The van der Waals surface area contributed by atoms with E-state index in [1.807, 2.05) is 30.3 Å². The van der Waals surface area contributed by atoms with Gasteiger partial charge < -0.3 is 16.4 Å². The van der Waals surface area contributed by atoms with Gasteiger partial charge in [0.15, 0.2) is 0 Å². The zero-order valence-corrected chi connectivity index (χ0v) is 18.9. The highest BCUT2D eigenvalue weighted by atomic mass is 16.1. The van der Waals surface area contributed by atoms with Crippen molar-refractivity contribution in [1.82, 2.24) is 10.6 Å². The molecule has 6 rings (SSSR count). The van der Waals surface area contributed by atoms with Gasteiger partial charge in [-0.3, -0.25) is 4.79 Å². The summed E-state index contributed by atoms with van der Waals surface area (Å²) in [6.07, 6.45) is 12.8. The molecule has 2 aromatic rings. The molecule has 0 radical (unpaired) electrons. The molecule has 4 aliphatic rings. The van der Waals surface area contributed by atoms with E-state index in [4.69, 9.17) is 5.73 Å². The van der Waals surface area contributed by atoms with Gasteiger partial charge in [0, 0.05) is 30.4 Å². The first-order chi connectivity index (χ1) is 15.6. The zero-order chi connectivity index (χ0) is 22.0. The molecule has 4 heteroatoms. The molecule has 32 heavy (non-hydrogen) atoms. The Labute approximate surface area is 191 Å². The number of nitrogens with two attached hydrogens (primary N) is 1. The molecule has 0 spiro atoms. The molecule has 0 saturated heterocycles. The van der Waals surface area contributed by atoms with E-state index in [0.717, 1.165) is 47.5 Å². The molecule has 4 fully saturated rings. The molecule has 0 atom stereocenters. The van der Waals surface area contributed by atoms with Crippen LogP contribution in [0.4, 0.5) is 5.69 Å². The third kappa shape index (κ3) is 4.91. The van der Waals surface area contributed by atoms with E-state index in [1.165, 1.54) is 44.1 Å². The number of para-hydroxylation sites is 1. The molecule has 4 bridgehead atoms. The smallest absolute Gasteiger partial charge is 0.244 e. The van der Waals surface area contributed by atoms with E-state index in [1.54, 1.807) is 6.08 Å². The van der Waals surface area contributed by atoms with Gasteiger partial charge in [-0.25, -0.2) is 0 Å². The van der Waals surface area contributed by atoms with Crippen LogP contribution < -0.4 is 16.4 Å². The van der Waals surface area contributed by atoms with Crippen LogP contribution in [0.2, 0.25) is 0 Å². The molecule has 0 aliphatic heterocycles. The molecule has 0 heterocycles. The molecule has 4 N–H and O–H groups in total. The number of anilines is 1. The van der Waals surface area contributed by atoms with Gasteiger partial charge in [-0.05, 0) is 91.5 Å². The third-order valence-electron chi connectivity index (χ3n) is 7.86. The lowest BCUT2D eigenvalue weighted by Crippen LogP contribution is -2.58. The molecule has 4 saturated carbocycles. The maximum Gasteiger partial charge on any atom is 0.244 e. The zero-order valence-electron chi connectivity index (χ0n) is 18.9. The number of nitrogen functional groups attached to an aromatic ring is 1. The predicted octanol–water partition coefficient (Wildman–Crippen LogP) is 4.70. The van der Waals surface area contributed by atoms with Crippen molar-refractivity contribution in [2.45, 2.75) is 57.0 Å². The summed E-state index contributed by atoms with van der Waals surface area (Å²) in [4.78, 5) is 12.1. The van der Waals surface area contributed by atoms with Crippen LogP contribution in [0, 0.1) is 17.8 Å². The van der Waals surface area contributed by atoms with Crippen LogP contribution in [0.5, 0.6) is 0 Å². The quantitative estimate of drug-likeness (QED) is 0.421. The van der Waals surface area contributed by atoms with Crippen molar-refractivity contribution in [2.24, 2.45) is 17.8 Å². The Morgan fingerprint density at radius 2 is 1.62 bits per heavy atom. The topological polar surface area (TPSA) is 67.1 Å². The lowest BCUT2D eigenvalue weighted by molar-refractivity contribution is -0.116. The second-order valence-electron chi connectivity index (χ2n) is 10.4. The average molecular weight is 430 g/mol. The highest BCUT2D eigenvalue weighted by Gasteiger charge is 2.50. The van der Waals surface area contributed by atoms with Crippen molar-refractivity contribution in [3.63, 3.8) is 0 Å². The van der Waals surface area contributed by atoms with E-state index < -0.39 is 0 Å². The van der Waals surface area contributed by atoms with Crippen LogP contribution in [0.15, 0.2) is 54.6 Å². The van der Waals surface area contributed by atoms with Crippen molar-refractivity contribution in [1.29, 1.82) is 0 Å². The average Bonchev–Trinajstić information content (AvgIpc) is 2.77. The Morgan fingerprint density at radius 1 is 0.969 bits per heavy atom. The first-order valence-electron chi connectivity index (χ1n) is 12.2. The molecule has 168 valence electrons. The minimum atomic E-state index is -0.0768. The van der Waals surface area contributed by atoms with Gasteiger partial charge >= 0.3 is 0 Å². The summed E-state index contributed by atoms with van der Waals surface area (Å²) >= 11 is 0. The fourth-order valence-electron chi connectivity index (χ4n) is 6.68. The normalized spacial score (nSPS) is 28.3. The molecule has 4 nitrogen and oxygen atoms in total. The van der Waals surface area contributed by atoms with Gasteiger partial charge in [0.1, 0.15) is 0 Å². The first kappa shape index (κ1) is 21.3. The Balaban J connectivity index is 1.08. The van der Waals surface area contributed by atoms with E-state index in [2.05, 4.69) is 34.9 Å². The van der Waals surface area contributed by atoms with Crippen molar-refractivity contribution in [2.75, 3.05) is 12.3 Å². The van der Waals surface area contributed by atoms with Crippen molar-refractivity contribution >= 4 is 17.7 Å². The van der Waals surface area contributed by atoms with Crippen molar-refractivity contribution in [3.8, 4) is 0 Å². The summed E-state index contributed by atoms with van der Waals surface area (Å²) in [5, 5.41) is 6.89. The molecule has 0 aromatic heterocycles. The number of carbonyl (C=O) groups excluding carboxylic acids is 1. The maximum atomic E-state index is 12.1. The van der Waals surface area contributed by atoms with Gasteiger partial charge in [-0.1, -0.05) is 42.5 Å². The number of hydrogen-bond acceptors (Lipinski definition) is 3. The predicted molar refractivity (Wildman–Crippen MR) is 131 cm³/mol. The van der Waals surface area contributed by atoms with Crippen LogP contribution in [0.1, 0.15) is 55.2 Å². The minimum absolute atomic E-state index is 0.0768. The summed E-state index contributed by atoms with van der Waals surface area (Å²) in [6.45, 7) is 1.52. The van der Waals surface area contributed by atoms with Gasteiger partial charge in [-0.2, -0.15) is 0 Å². The van der Waals surface area contributed by atoms with Gasteiger partial charge in [-0.15, -0.1) is 0 Å². The number of nitrogens with one attached hydrogen (secondary N) is 2. The van der Waals surface area contributed by atoms with Crippen LogP contribution in [-0.4, -0.2) is 18.0 Å². The van der Waals surface area contributed by atoms with Crippen LogP contribution in [-0.2, 0) is 17.8 Å². The minimum Gasteiger partial charge on any atom is -0.399 e. The molecular weight excluding hydrogens is 394 g/mol. The Hall–Kier alpha value is -2.59. The molecule has 0 unspecified atom stereocenters. The van der Waals surface area contributed by atoms with Crippen LogP contribution in [0.25, 0.3) is 6.08 Å². The summed E-state index contributed by atoms with van der Waals surface area (Å²) in [6, 6.07) is 16.3. The summed E-state index contributed by atoms with van der Waals surface area (Å²) < 4.78 is 0. The fourth-order valence-corrected chi connectivity index (χ4v) is 6.68. The molecule has 1 amide bonds. The lowest BCUT2D eigenvalue weighted by atomic mass is 9.53. The maximum absolute atomic E-state index is 12.1. The molecular formula is C28H35N3O. The SMILES string of the molecule is Nc1ccccc1CCNC(=O)C=Cc1ccc(CNC23CC4CC(CC(C4)C2)C3)cc1. The van der Waals surface area contributed by atoms with Gasteiger partial charge in [0.2, 0.25) is 5.91 Å². The second kappa shape index (κ2) is 9.11. The standard InChI is InChI=1S/C28H35N3O/c29-26-4-2-1-3-25(26)11-12-30-27(32)10-9-20-5-7-21(8-6-20)19-31-28-16-22-13-23(17-28)15-24(14-22)18-28/h1-10,22-24,31H,11-19,29H2,(H,30,32). The van der Waals surface area contributed by atoms with Crippen molar-refractivity contribution in [3.05, 3.63) is 71.3 Å². The van der Waals surface area contributed by atoms with E-state index in [-0.39, 0.29) is 5.91 Å². The number of benzene rings is 2. The number of amides is 1. The second-order valence-corrected chi connectivity index (χ2v) is 10.4. The third-order valence-corrected chi connectivity index (χ3v) is 7.86. The number of rotatable bonds is 8. The Kier molecular flexibility index (Phi) is 6.05. The van der Waals surface area contributed by atoms with E-state index in [9.17, 15) is 4.79 Å². The summed E-state index contributed by atoms with van der Waals surface area (Å²) in [7, 11) is 0.